The molecule has 0 atom stereocenters. The van der Waals surface area contributed by atoms with E-state index in [1.54, 1.807) is 0 Å². The van der Waals surface area contributed by atoms with Crippen LogP contribution in [0.15, 0.2) is 35.5 Å². The Bertz CT molecular complexity index is 1240. The van der Waals surface area contributed by atoms with Gasteiger partial charge in [0.2, 0.25) is 0 Å². The molecule has 172 valence electrons. The van der Waals surface area contributed by atoms with Crippen LogP contribution in [0.25, 0.3) is 16.8 Å². The van der Waals surface area contributed by atoms with Gasteiger partial charge in [-0.05, 0) is 12.1 Å². The number of hydrogen-bond donors (Lipinski definition) is 1. The van der Waals surface area contributed by atoms with E-state index >= 15 is 0 Å². The lowest BCUT2D eigenvalue weighted by molar-refractivity contribution is -0.287. The topological polar surface area (TPSA) is 81.3 Å². The van der Waals surface area contributed by atoms with E-state index in [9.17, 15) is 44.7 Å². The number of alkyl halides is 8. The molecular formula is C17H11F8N5O2. The van der Waals surface area contributed by atoms with Gasteiger partial charge in [0.1, 0.15) is 12.2 Å². The zero-order valence-corrected chi connectivity index (χ0v) is 15.7. The number of carbonyl (C=O) groups excluding carboxylic acids is 1. The summed E-state index contributed by atoms with van der Waals surface area (Å²) in [6.07, 6.45) is -9.14. The Kier molecular flexibility index (Phi) is 5.47. The van der Waals surface area contributed by atoms with E-state index in [0.29, 0.717) is 16.8 Å². The molecule has 0 aliphatic rings. The number of carbonyl (C=O) groups is 1. The van der Waals surface area contributed by atoms with Gasteiger partial charge in [-0.15, -0.1) is 0 Å². The van der Waals surface area contributed by atoms with E-state index in [1.807, 2.05) is 0 Å². The Morgan fingerprint density at radius 1 is 1.12 bits per heavy atom. The summed E-state index contributed by atoms with van der Waals surface area (Å²) in [6.45, 7) is -2.00. The summed E-state index contributed by atoms with van der Waals surface area (Å²) < 4.78 is 105. The minimum atomic E-state index is -5.91. The summed E-state index contributed by atoms with van der Waals surface area (Å²) >= 11 is 0. The molecule has 3 rings (SSSR count). The maximum absolute atomic E-state index is 13.6. The third-order valence-corrected chi connectivity index (χ3v) is 4.29. The Morgan fingerprint density at radius 3 is 2.34 bits per heavy atom. The van der Waals surface area contributed by atoms with Crippen LogP contribution in [-0.2, 0) is 12.7 Å². The lowest BCUT2D eigenvalue weighted by atomic mass is 10.1. The number of nitrogens with zero attached hydrogens (tertiary/aromatic N) is 4. The largest absolute Gasteiger partial charge is 0.455 e. The van der Waals surface area contributed by atoms with Gasteiger partial charge in [0, 0.05) is 30.6 Å². The zero-order chi connectivity index (χ0) is 24.1. The molecule has 0 radical (unpaired) electrons. The van der Waals surface area contributed by atoms with Gasteiger partial charge < -0.3 is 5.32 Å². The van der Waals surface area contributed by atoms with Gasteiger partial charge in [0.25, 0.3) is 11.5 Å². The summed E-state index contributed by atoms with van der Waals surface area (Å²) in [6, 6.07) is 2.05. The highest BCUT2D eigenvalue weighted by Gasteiger charge is 2.57. The highest BCUT2D eigenvalue weighted by atomic mass is 19.4. The smallest absolute Gasteiger partial charge is 0.355 e. The van der Waals surface area contributed by atoms with Crippen molar-refractivity contribution in [3.05, 3.63) is 52.3 Å². The maximum Gasteiger partial charge on any atom is 0.455 e. The Morgan fingerprint density at radius 2 is 1.78 bits per heavy atom. The number of pyridine rings is 1. The second-order valence-corrected chi connectivity index (χ2v) is 6.49. The summed E-state index contributed by atoms with van der Waals surface area (Å²) in [5.74, 6) is -5.87. The highest BCUT2D eigenvalue weighted by Crippen LogP contribution is 2.37. The molecule has 7 nitrogen and oxygen atoms in total. The van der Waals surface area contributed by atoms with Crippen LogP contribution in [0, 0.1) is 0 Å². The van der Waals surface area contributed by atoms with Gasteiger partial charge in [0.15, 0.2) is 5.69 Å². The number of rotatable bonds is 4. The fourth-order valence-corrected chi connectivity index (χ4v) is 2.76. The normalized spacial score (nSPS) is 12.9. The van der Waals surface area contributed by atoms with Gasteiger partial charge in [-0.3, -0.25) is 18.7 Å². The molecule has 0 spiro atoms. The van der Waals surface area contributed by atoms with Crippen molar-refractivity contribution in [3.63, 3.8) is 0 Å². The molecule has 0 aliphatic carbocycles. The molecule has 1 amide bonds. The molecule has 1 N–H and O–H groups in total. The lowest BCUT2D eigenvalue weighted by Gasteiger charge is -2.19. The molecule has 3 aromatic rings. The number of nitrogens with one attached hydrogen (secondary N) is 1. The van der Waals surface area contributed by atoms with Crippen LogP contribution in [0.5, 0.6) is 0 Å². The molecule has 0 unspecified atom stereocenters. The van der Waals surface area contributed by atoms with Crippen LogP contribution < -0.4 is 10.9 Å². The average molecular weight is 469 g/mol. The maximum atomic E-state index is 13.6. The van der Waals surface area contributed by atoms with Crippen molar-refractivity contribution in [2.24, 2.45) is 0 Å². The predicted molar refractivity (Wildman–Crippen MR) is 92.1 cm³/mol. The predicted octanol–water partition coefficient (Wildman–Crippen LogP) is 3.13. The van der Waals surface area contributed by atoms with Crippen molar-refractivity contribution in [1.29, 1.82) is 0 Å². The van der Waals surface area contributed by atoms with Crippen LogP contribution >= 0.6 is 0 Å². The van der Waals surface area contributed by atoms with E-state index in [2.05, 4.69) is 15.4 Å². The molecule has 0 aromatic carbocycles. The van der Waals surface area contributed by atoms with E-state index in [4.69, 9.17) is 0 Å². The monoisotopic (exact) mass is 469 g/mol. The van der Waals surface area contributed by atoms with Gasteiger partial charge in [-0.25, -0.2) is 4.98 Å². The van der Waals surface area contributed by atoms with Crippen molar-refractivity contribution >= 4 is 11.6 Å². The minimum absolute atomic E-state index is 0.0754. The molecule has 32 heavy (non-hydrogen) atoms. The molecule has 0 aliphatic heterocycles. The van der Waals surface area contributed by atoms with E-state index in [0.717, 1.165) is 18.3 Å². The molecule has 15 heteroatoms. The van der Waals surface area contributed by atoms with Gasteiger partial charge in [-0.1, -0.05) is 0 Å². The molecule has 0 fully saturated rings. The first-order valence-electron chi connectivity index (χ1n) is 8.49. The number of amides is 1. The minimum Gasteiger partial charge on any atom is -0.355 e. The SMILES string of the molecule is CNC(=O)c1ccn2c(=O)c(-c3cnn(CC(F)(F)C(F)(F)F)c3)c(C(F)(F)F)nc2c1. The van der Waals surface area contributed by atoms with E-state index < -0.39 is 58.8 Å². The first kappa shape index (κ1) is 23.1. The number of aromatic nitrogens is 4. The van der Waals surface area contributed by atoms with Crippen LogP contribution in [0.4, 0.5) is 35.1 Å². The van der Waals surface area contributed by atoms with Gasteiger partial charge in [-0.2, -0.15) is 40.2 Å². The molecule has 0 saturated carbocycles. The fraction of sp³-hybridized carbons (Fsp3) is 0.294. The average Bonchev–Trinajstić information content (AvgIpc) is 3.12. The van der Waals surface area contributed by atoms with Crippen molar-refractivity contribution in [3.8, 4) is 11.1 Å². The molecule has 0 saturated heterocycles. The van der Waals surface area contributed by atoms with Crippen LogP contribution in [0.2, 0.25) is 0 Å². The molecule has 3 heterocycles. The van der Waals surface area contributed by atoms with Crippen molar-refractivity contribution in [2.75, 3.05) is 7.05 Å². The first-order chi connectivity index (χ1) is 14.7. The molecule has 0 bridgehead atoms. The van der Waals surface area contributed by atoms with Crippen LogP contribution in [-0.4, -0.2) is 44.2 Å². The summed E-state index contributed by atoms with van der Waals surface area (Å²) in [5, 5.41) is 5.47. The molecule has 3 aromatic heterocycles. The fourth-order valence-electron chi connectivity index (χ4n) is 2.76. The van der Waals surface area contributed by atoms with Crippen LogP contribution in [0.3, 0.4) is 0 Å². The second kappa shape index (κ2) is 7.56. The highest BCUT2D eigenvalue weighted by molar-refractivity contribution is 5.94. The Hall–Kier alpha value is -3.52. The van der Waals surface area contributed by atoms with Gasteiger partial charge in [0.05, 0.1) is 11.8 Å². The summed E-state index contributed by atoms with van der Waals surface area (Å²) in [4.78, 5) is 27.8. The van der Waals surface area contributed by atoms with Gasteiger partial charge >= 0.3 is 18.3 Å². The Balaban J connectivity index is 2.18. The zero-order valence-electron chi connectivity index (χ0n) is 15.7. The second-order valence-electron chi connectivity index (χ2n) is 6.49. The Labute approximate surface area is 172 Å². The van der Waals surface area contributed by atoms with Crippen molar-refractivity contribution in [2.45, 2.75) is 24.8 Å². The standard InChI is InChI=1S/C17H11F8N5O2/c1-26-13(31)8-2-3-30-10(4-8)28-12(16(20,21)22)11(14(30)32)9-5-27-29(6-9)7-15(18,19)17(23,24)25/h2-6H,7H2,1H3,(H,26,31). The van der Waals surface area contributed by atoms with E-state index in [1.165, 1.54) is 7.05 Å². The lowest BCUT2D eigenvalue weighted by Crippen LogP contribution is -2.40. The molecular weight excluding hydrogens is 458 g/mol. The summed E-state index contributed by atoms with van der Waals surface area (Å²) in [5.41, 5.74) is -5.43. The van der Waals surface area contributed by atoms with E-state index in [-0.39, 0.29) is 10.2 Å². The number of hydrogen-bond acceptors (Lipinski definition) is 4. The third kappa shape index (κ3) is 4.13. The third-order valence-electron chi connectivity index (χ3n) is 4.29. The number of fused-ring (bicyclic) bond motifs is 1. The first-order valence-corrected chi connectivity index (χ1v) is 8.49. The van der Waals surface area contributed by atoms with Crippen molar-refractivity contribution < 1.29 is 39.9 Å². The van der Waals surface area contributed by atoms with Crippen molar-refractivity contribution in [1.82, 2.24) is 24.5 Å². The summed E-state index contributed by atoms with van der Waals surface area (Å²) in [7, 11) is 1.27. The quantitative estimate of drug-likeness (QED) is 0.596. The number of halogens is 8. The van der Waals surface area contributed by atoms with Crippen LogP contribution in [0.1, 0.15) is 16.1 Å².